The SMILES string of the molecule is CCCCC(CC)CC1(OC(=O)CC)CC(OC(=O)CC)CC(OC(=O)CC)C1. The van der Waals surface area contributed by atoms with Crippen molar-refractivity contribution in [2.45, 2.75) is 123 Å². The Labute approximate surface area is 176 Å². The molecule has 1 fully saturated rings. The van der Waals surface area contributed by atoms with Crippen molar-refractivity contribution in [1.29, 1.82) is 0 Å². The quantitative estimate of drug-likeness (QED) is 0.327. The molecule has 29 heavy (non-hydrogen) atoms. The van der Waals surface area contributed by atoms with Crippen LogP contribution in [0.3, 0.4) is 0 Å². The topological polar surface area (TPSA) is 78.9 Å². The van der Waals surface area contributed by atoms with Crippen molar-refractivity contribution in [3.8, 4) is 0 Å². The van der Waals surface area contributed by atoms with Gasteiger partial charge in [0.15, 0.2) is 0 Å². The van der Waals surface area contributed by atoms with E-state index in [1.165, 1.54) is 0 Å². The number of carbonyl (C=O) groups excluding carboxylic acids is 3. The van der Waals surface area contributed by atoms with Crippen molar-refractivity contribution in [1.82, 2.24) is 0 Å². The minimum Gasteiger partial charge on any atom is -0.462 e. The Morgan fingerprint density at radius 3 is 1.79 bits per heavy atom. The van der Waals surface area contributed by atoms with Gasteiger partial charge in [0, 0.05) is 38.5 Å². The highest BCUT2D eigenvalue weighted by Crippen LogP contribution is 2.41. The molecule has 1 saturated carbocycles. The van der Waals surface area contributed by atoms with Crippen LogP contribution in [-0.2, 0) is 28.6 Å². The van der Waals surface area contributed by atoms with E-state index in [0.717, 1.165) is 25.7 Å². The monoisotopic (exact) mass is 412 g/mol. The van der Waals surface area contributed by atoms with Crippen LogP contribution in [0.5, 0.6) is 0 Å². The summed E-state index contributed by atoms with van der Waals surface area (Å²) in [7, 11) is 0. The van der Waals surface area contributed by atoms with Crippen molar-refractivity contribution in [2.24, 2.45) is 5.92 Å². The zero-order chi connectivity index (χ0) is 21.9. The van der Waals surface area contributed by atoms with Gasteiger partial charge in [-0.05, 0) is 12.3 Å². The second kappa shape index (κ2) is 12.9. The molecule has 0 saturated heterocycles. The molecule has 1 aliphatic rings. The third-order valence-electron chi connectivity index (χ3n) is 5.72. The van der Waals surface area contributed by atoms with Crippen molar-refractivity contribution < 1.29 is 28.6 Å². The van der Waals surface area contributed by atoms with Crippen LogP contribution in [0, 0.1) is 5.92 Å². The lowest BCUT2D eigenvalue weighted by Gasteiger charge is -2.44. The first-order chi connectivity index (χ1) is 13.8. The summed E-state index contributed by atoms with van der Waals surface area (Å²) in [5.41, 5.74) is -0.767. The minimum absolute atomic E-state index is 0.265. The second-order valence-corrected chi connectivity index (χ2v) is 8.21. The molecule has 6 nitrogen and oxygen atoms in total. The van der Waals surface area contributed by atoms with Gasteiger partial charge in [-0.25, -0.2) is 0 Å². The third-order valence-corrected chi connectivity index (χ3v) is 5.72. The molecule has 1 aliphatic carbocycles. The van der Waals surface area contributed by atoms with Gasteiger partial charge in [-0.3, -0.25) is 14.4 Å². The van der Waals surface area contributed by atoms with Gasteiger partial charge in [0.25, 0.3) is 0 Å². The number of hydrogen-bond acceptors (Lipinski definition) is 6. The molecule has 0 bridgehead atoms. The molecule has 0 amide bonds. The molecule has 3 unspecified atom stereocenters. The van der Waals surface area contributed by atoms with E-state index in [4.69, 9.17) is 14.2 Å². The second-order valence-electron chi connectivity index (χ2n) is 8.21. The summed E-state index contributed by atoms with van der Waals surface area (Å²) in [6, 6.07) is 0. The van der Waals surface area contributed by atoms with Crippen molar-refractivity contribution in [3.63, 3.8) is 0 Å². The Kier molecular flexibility index (Phi) is 11.3. The number of hydrogen-bond donors (Lipinski definition) is 0. The highest BCUT2D eigenvalue weighted by atomic mass is 16.6. The fourth-order valence-corrected chi connectivity index (χ4v) is 4.17. The van der Waals surface area contributed by atoms with E-state index < -0.39 is 17.8 Å². The smallest absolute Gasteiger partial charge is 0.306 e. The molecule has 0 heterocycles. The van der Waals surface area contributed by atoms with Crippen molar-refractivity contribution in [2.75, 3.05) is 0 Å². The highest BCUT2D eigenvalue weighted by molar-refractivity contribution is 5.70. The molecule has 0 aliphatic heterocycles. The van der Waals surface area contributed by atoms with Gasteiger partial charge in [-0.2, -0.15) is 0 Å². The minimum atomic E-state index is -0.767. The zero-order valence-electron chi connectivity index (χ0n) is 19.0. The fourth-order valence-electron chi connectivity index (χ4n) is 4.17. The molecule has 0 radical (unpaired) electrons. The maximum absolute atomic E-state index is 12.3. The molecule has 0 aromatic carbocycles. The lowest BCUT2D eigenvalue weighted by molar-refractivity contribution is -0.188. The summed E-state index contributed by atoms with van der Waals surface area (Å²) < 4.78 is 17.3. The average Bonchev–Trinajstić information content (AvgIpc) is 2.70. The maximum atomic E-state index is 12.3. The van der Waals surface area contributed by atoms with Gasteiger partial charge in [0.2, 0.25) is 0 Å². The largest absolute Gasteiger partial charge is 0.462 e. The zero-order valence-corrected chi connectivity index (χ0v) is 19.0. The molecule has 168 valence electrons. The molecule has 0 N–H and O–H groups in total. The van der Waals surface area contributed by atoms with Gasteiger partial charge >= 0.3 is 17.9 Å². The van der Waals surface area contributed by atoms with E-state index in [2.05, 4.69) is 13.8 Å². The van der Waals surface area contributed by atoms with E-state index in [9.17, 15) is 14.4 Å². The van der Waals surface area contributed by atoms with Crippen LogP contribution in [-0.4, -0.2) is 35.7 Å². The Balaban J connectivity index is 3.14. The van der Waals surface area contributed by atoms with Gasteiger partial charge in [0.05, 0.1) is 0 Å². The molecule has 3 atom stereocenters. The van der Waals surface area contributed by atoms with Gasteiger partial charge < -0.3 is 14.2 Å². The van der Waals surface area contributed by atoms with E-state index >= 15 is 0 Å². The van der Waals surface area contributed by atoms with E-state index in [1.807, 2.05) is 0 Å². The van der Waals surface area contributed by atoms with E-state index in [1.54, 1.807) is 20.8 Å². The molecular weight excluding hydrogens is 372 g/mol. The Morgan fingerprint density at radius 1 is 0.862 bits per heavy atom. The summed E-state index contributed by atoms with van der Waals surface area (Å²) in [5.74, 6) is -0.432. The number of rotatable bonds is 12. The first-order valence-corrected chi connectivity index (χ1v) is 11.4. The normalized spacial score (nSPS) is 25.1. The molecule has 0 aromatic rings. The summed E-state index contributed by atoms with van der Waals surface area (Å²) in [6.45, 7) is 9.60. The van der Waals surface area contributed by atoms with Crippen LogP contribution in [0.1, 0.15) is 105 Å². The Hall–Kier alpha value is -1.59. The third kappa shape index (κ3) is 8.75. The number of unbranched alkanes of at least 4 members (excludes halogenated alkanes) is 1. The van der Waals surface area contributed by atoms with Crippen LogP contribution in [0.2, 0.25) is 0 Å². The van der Waals surface area contributed by atoms with Gasteiger partial charge in [-0.15, -0.1) is 0 Å². The maximum Gasteiger partial charge on any atom is 0.306 e. The lowest BCUT2D eigenvalue weighted by atomic mass is 9.74. The molecule has 6 heteroatoms. The van der Waals surface area contributed by atoms with Crippen molar-refractivity contribution >= 4 is 17.9 Å². The molecular formula is C23H40O6. The standard InChI is InChI=1S/C23H40O6/c1-6-11-12-17(7-2)14-23(29-22(26)10-5)15-18(27-20(24)8-3)13-19(16-23)28-21(25)9-4/h17-19H,6-16H2,1-5H3. The molecule has 0 spiro atoms. The van der Waals surface area contributed by atoms with Gasteiger partial charge in [0.1, 0.15) is 17.8 Å². The predicted octanol–water partition coefficient (Wildman–Crippen LogP) is 5.11. The number of ether oxygens (including phenoxy) is 3. The number of esters is 3. The van der Waals surface area contributed by atoms with Crippen LogP contribution >= 0.6 is 0 Å². The van der Waals surface area contributed by atoms with Crippen LogP contribution in [0.4, 0.5) is 0 Å². The fraction of sp³-hybridized carbons (Fsp3) is 0.870. The van der Waals surface area contributed by atoms with E-state index in [-0.39, 0.29) is 37.2 Å². The Morgan fingerprint density at radius 2 is 1.38 bits per heavy atom. The van der Waals surface area contributed by atoms with Crippen LogP contribution in [0.25, 0.3) is 0 Å². The highest BCUT2D eigenvalue weighted by Gasteiger charge is 2.47. The molecule has 0 aromatic heterocycles. The first-order valence-electron chi connectivity index (χ1n) is 11.4. The summed E-state index contributed by atoms with van der Waals surface area (Å²) in [6.07, 6.45) is 6.40. The number of carbonyl (C=O) groups is 3. The average molecular weight is 413 g/mol. The Bertz CT molecular complexity index is 503. The van der Waals surface area contributed by atoms with Gasteiger partial charge in [-0.1, -0.05) is 60.3 Å². The van der Waals surface area contributed by atoms with E-state index in [0.29, 0.717) is 31.6 Å². The lowest BCUT2D eigenvalue weighted by Crippen LogP contribution is -2.50. The summed E-state index contributed by atoms with van der Waals surface area (Å²) in [5, 5.41) is 0. The molecule has 1 rings (SSSR count). The van der Waals surface area contributed by atoms with Crippen LogP contribution < -0.4 is 0 Å². The first kappa shape index (κ1) is 25.4. The predicted molar refractivity (Wildman–Crippen MR) is 111 cm³/mol. The summed E-state index contributed by atoms with van der Waals surface area (Å²) >= 11 is 0. The summed E-state index contributed by atoms with van der Waals surface area (Å²) in [4.78, 5) is 36.2. The van der Waals surface area contributed by atoms with Crippen LogP contribution in [0.15, 0.2) is 0 Å². The van der Waals surface area contributed by atoms with Crippen molar-refractivity contribution in [3.05, 3.63) is 0 Å².